The number of urea groups is 1. The molecule has 0 saturated carbocycles. The van der Waals surface area contributed by atoms with E-state index < -0.39 is 0 Å². The SMILES string of the molecule is CS[C@@H]1CC[C@@H]2CN1C(=O)N2OCc1ccccc1. The molecule has 5 heteroatoms. The third-order valence-electron chi connectivity index (χ3n) is 3.75. The van der Waals surface area contributed by atoms with Crippen LogP contribution in [0.5, 0.6) is 0 Å². The van der Waals surface area contributed by atoms with Gasteiger partial charge in [0.05, 0.1) is 11.4 Å². The van der Waals surface area contributed by atoms with Crippen molar-refractivity contribution in [1.29, 1.82) is 0 Å². The Morgan fingerprint density at radius 3 is 2.84 bits per heavy atom. The summed E-state index contributed by atoms with van der Waals surface area (Å²) in [7, 11) is 0. The first-order valence-electron chi connectivity index (χ1n) is 6.59. The molecule has 2 fully saturated rings. The molecule has 2 amide bonds. The van der Waals surface area contributed by atoms with Crippen LogP contribution in [-0.2, 0) is 11.4 Å². The summed E-state index contributed by atoms with van der Waals surface area (Å²) < 4.78 is 0. The minimum atomic E-state index is 0.0257. The van der Waals surface area contributed by atoms with Crippen molar-refractivity contribution in [1.82, 2.24) is 9.96 Å². The zero-order valence-electron chi connectivity index (χ0n) is 11.0. The lowest BCUT2D eigenvalue weighted by molar-refractivity contribution is -0.140. The molecule has 19 heavy (non-hydrogen) atoms. The maximum atomic E-state index is 12.3. The van der Waals surface area contributed by atoms with Crippen LogP contribution < -0.4 is 0 Å². The van der Waals surface area contributed by atoms with Gasteiger partial charge in [0.2, 0.25) is 0 Å². The summed E-state index contributed by atoms with van der Waals surface area (Å²) in [5.74, 6) is 0. The molecule has 3 rings (SSSR count). The second-order valence-electron chi connectivity index (χ2n) is 4.94. The average Bonchev–Trinajstić information content (AvgIpc) is 2.71. The van der Waals surface area contributed by atoms with E-state index >= 15 is 0 Å². The van der Waals surface area contributed by atoms with Crippen molar-refractivity contribution < 1.29 is 9.63 Å². The highest BCUT2D eigenvalue weighted by molar-refractivity contribution is 7.99. The molecule has 2 aliphatic rings. The third-order valence-corrected chi connectivity index (χ3v) is 4.79. The Kier molecular flexibility index (Phi) is 3.66. The number of piperidine rings is 1. The van der Waals surface area contributed by atoms with E-state index in [9.17, 15) is 4.79 Å². The molecule has 4 nitrogen and oxygen atoms in total. The minimum absolute atomic E-state index is 0.0257. The fourth-order valence-electron chi connectivity index (χ4n) is 2.73. The lowest BCUT2D eigenvalue weighted by Gasteiger charge is -2.28. The Morgan fingerprint density at radius 1 is 1.32 bits per heavy atom. The molecule has 0 N–H and O–H groups in total. The Labute approximate surface area is 117 Å². The fraction of sp³-hybridized carbons (Fsp3) is 0.500. The average molecular weight is 278 g/mol. The zero-order valence-corrected chi connectivity index (χ0v) is 11.8. The Bertz CT molecular complexity index is 454. The van der Waals surface area contributed by atoms with Gasteiger partial charge >= 0.3 is 6.03 Å². The van der Waals surface area contributed by atoms with E-state index in [1.807, 2.05) is 35.2 Å². The number of thioether (sulfide) groups is 1. The number of carbonyl (C=O) groups excluding carboxylic acids is 1. The third kappa shape index (κ3) is 2.44. The number of hydrogen-bond acceptors (Lipinski definition) is 3. The van der Waals surface area contributed by atoms with Crippen molar-refractivity contribution in [2.24, 2.45) is 0 Å². The van der Waals surface area contributed by atoms with Crippen molar-refractivity contribution in [3.05, 3.63) is 35.9 Å². The van der Waals surface area contributed by atoms with Gasteiger partial charge in [-0.1, -0.05) is 30.3 Å². The van der Waals surface area contributed by atoms with Crippen molar-refractivity contribution in [3.63, 3.8) is 0 Å². The molecule has 1 aromatic carbocycles. The van der Waals surface area contributed by atoms with Crippen molar-refractivity contribution in [2.45, 2.75) is 30.9 Å². The van der Waals surface area contributed by atoms with Crippen LogP contribution in [0.3, 0.4) is 0 Å². The molecule has 2 aliphatic heterocycles. The number of fused-ring (bicyclic) bond motifs is 2. The van der Waals surface area contributed by atoms with E-state index in [-0.39, 0.29) is 12.1 Å². The van der Waals surface area contributed by atoms with Crippen LogP contribution in [0, 0.1) is 0 Å². The highest BCUT2D eigenvalue weighted by Crippen LogP contribution is 2.34. The smallest absolute Gasteiger partial charge is 0.309 e. The molecule has 1 aromatic rings. The quantitative estimate of drug-likeness (QED) is 0.849. The lowest BCUT2D eigenvalue weighted by Crippen LogP contribution is -2.37. The second-order valence-corrected chi connectivity index (χ2v) is 5.96. The first-order chi connectivity index (χ1) is 9.29. The minimum Gasteiger partial charge on any atom is -0.309 e. The fourth-order valence-corrected chi connectivity index (χ4v) is 3.53. The first kappa shape index (κ1) is 12.8. The Morgan fingerprint density at radius 2 is 2.11 bits per heavy atom. The van der Waals surface area contributed by atoms with Gasteiger partial charge in [-0.15, -0.1) is 11.8 Å². The van der Waals surface area contributed by atoms with E-state index in [1.54, 1.807) is 16.8 Å². The normalized spacial score (nSPS) is 26.1. The number of amides is 2. The summed E-state index contributed by atoms with van der Waals surface area (Å²) in [6.07, 6.45) is 4.15. The van der Waals surface area contributed by atoms with Gasteiger partial charge in [0.25, 0.3) is 0 Å². The van der Waals surface area contributed by atoms with Gasteiger partial charge in [-0.05, 0) is 24.7 Å². The van der Waals surface area contributed by atoms with Crippen LogP contribution in [0.15, 0.2) is 30.3 Å². The molecule has 2 saturated heterocycles. The Balaban J connectivity index is 1.64. The van der Waals surface area contributed by atoms with Gasteiger partial charge in [0, 0.05) is 6.54 Å². The summed E-state index contributed by atoms with van der Waals surface area (Å²) in [5, 5.41) is 1.90. The number of carbonyl (C=O) groups is 1. The molecule has 0 aromatic heterocycles. The molecule has 102 valence electrons. The number of nitrogens with zero attached hydrogens (tertiary/aromatic N) is 2. The maximum absolute atomic E-state index is 12.3. The Hall–Kier alpha value is -1.20. The number of hydroxylamine groups is 2. The monoisotopic (exact) mass is 278 g/mol. The summed E-state index contributed by atoms with van der Waals surface area (Å²) in [6, 6.07) is 10.2. The molecular formula is C14H18N2O2S. The van der Waals surface area contributed by atoms with Gasteiger partial charge in [-0.25, -0.2) is 4.79 Å². The van der Waals surface area contributed by atoms with Crippen LogP contribution in [0.2, 0.25) is 0 Å². The zero-order chi connectivity index (χ0) is 13.2. The maximum Gasteiger partial charge on any atom is 0.345 e. The molecule has 2 bridgehead atoms. The van der Waals surface area contributed by atoms with Gasteiger partial charge in [0.15, 0.2) is 0 Å². The van der Waals surface area contributed by atoms with Gasteiger partial charge in [0.1, 0.15) is 6.61 Å². The predicted octanol–water partition coefficient (Wildman–Crippen LogP) is 2.71. The molecule has 0 unspecified atom stereocenters. The predicted molar refractivity (Wildman–Crippen MR) is 75.5 cm³/mol. The molecule has 0 aliphatic carbocycles. The summed E-state index contributed by atoms with van der Waals surface area (Å²) in [4.78, 5) is 20.0. The van der Waals surface area contributed by atoms with Gasteiger partial charge < -0.3 is 4.90 Å². The molecule has 0 spiro atoms. The van der Waals surface area contributed by atoms with E-state index in [0.29, 0.717) is 12.0 Å². The molecule has 2 heterocycles. The summed E-state index contributed by atoms with van der Waals surface area (Å²) in [6.45, 7) is 1.26. The molecule has 2 atom stereocenters. The van der Waals surface area contributed by atoms with Crippen LogP contribution in [0.25, 0.3) is 0 Å². The highest BCUT2D eigenvalue weighted by atomic mass is 32.2. The van der Waals surface area contributed by atoms with E-state index in [1.165, 1.54) is 0 Å². The van der Waals surface area contributed by atoms with Crippen LogP contribution in [0.1, 0.15) is 18.4 Å². The van der Waals surface area contributed by atoms with Crippen molar-refractivity contribution in [3.8, 4) is 0 Å². The second kappa shape index (κ2) is 5.43. The first-order valence-corrected chi connectivity index (χ1v) is 7.88. The van der Waals surface area contributed by atoms with Crippen molar-refractivity contribution in [2.75, 3.05) is 12.8 Å². The molecule has 0 radical (unpaired) electrons. The number of hydrogen-bond donors (Lipinski definition) is 0. The molecular weight excluding hydrogens is 260 g/mol. The largest absolute Gasteiger partial charge is 0.345 e. The standard InChI is InChI=1S/C14H18N2O2S/c1-19-13-8-7-12-9-15(13)14(17)16(12)18-10-11-5-3-2-4-6-11/h2-6,12-13H,7-10H2,1H3/t12-,13-/m1/s1. The van der Waals surface area contributed by atoms with Crippen LogP contribution in [-0.4, -0.2) is 40.2 Å². The van der Waals surface area contributed by atoms with Crippen LogP contribution >= 0.6 is 11.8 Å². The van der Waals surface area contributed by atoms with Gasteiger partial charge in [-0.3, -0.25) is 4.84 Å². The van der Waals surface area contributed by atoms with Gasteiger partial charge in [-0.2, -0.15) is 5.06 Å². The summed E-state index contributed by atoms with van der Waals surface area (Å²) >= 11 is 1.75. The number of rotatable bonds is 4. The topological polar surface area (TPSA) is 32.8 Å². The summed E-state index contributed by atoms with van der Waals surface area (Å²) in [5.41, 5.74) is 1.09. The van der Waals surface area contributed by atoms with E-state index in [4.69, 9.17) is 4.84 Å². The highest BCUT2D eigenvalue weighted by Gasteiger charge is 2.45. The van der Waals surface area contributed by atoms with Crippen molar-refractivity contribution >= 4 is 17.8 Å². The number of benzene rings is 1. The lowest BCUT2D eigenvalue weighted by atomic mass is 10.1. The van der Waals surface area contributed by atoms with Crippen LogP contribution in [0.4, 0.5) is 4.79 Å². The van der Waals surface area contributed by atoms with E-state index in [0.717, 1.165) is 24.9 Å². The van der Waals surface area contributed by atoms with E-state index in [2.05, 4.69) is 6.26 Å².